The maximum atomic E-state index is 13.9. The van der Waals surface area contributed by atoms with Gasteiger partial charge in [-0.1, -0.05) is 42.5 Å². The second-order valence-electron chi connectivity index (χ2n) is 6.44. The molecule has 0 saturated heterocycles. The SMILES string of the molecule is Cl.NCCN(CCc1ccccc1)C(=O)C1CC1c1cccc(F)c1F. The highest BCUT2D eigenvalue weighted by atomic mass is 35.5. The second-order valence-corrected chi connectivity index (χ2v) is 6.44. The Morgan fingerprint density at radius 3 is 2.50 bits per heavy atom. The van der Waals surface area contributed by atoms with Crippen LogP contribution in [0.2, 0.25) is 0 Å². The van der Waals surface area contributed by atoms with Crippen molar-refractivity contribution < 1.29 is 13.6 Å². The van der Waals surface area contributed by atoms with Crippen LogP contribution in [0.15, 0.2) is 48.5 Å². The van der Waals surface area contributed by atoms with Crippen LogP contribution in [-0.4, -0.2) is 30.4 Å². The molecule has 0 heterocycles. The predicted octanol–water partition coefficient (Wildman–Crippen LogP) is 3.52. The summed E-state index contributed by atoms with van der Waals surface area (Å²) in [5, 5.41) is 0. The molecule has 26 heavy (non-hydrogen) atoms. The van der Waals surface area contributed by atoms with Crippen molar-refractivity contribution in [3.63, 3.8) is 0 Å². The minimum atomic E-state index is -0.863. The normalized spacial score (nSPS) is 18.1. The lowest BCUT2D eigenvalue weighted by Crippen LogP contribution is -2.38. The third-order valence-electron chi connectivity index (χ3n) is 4.71. The molecule has 0 radical (unpaired) electrons. The molecular weight excluding hydrogens is 358 g/mol. The maximum absolute atomic E-state index is 13.9. The highest BCUT2D eigenvalue weighted by Crippen LogP contribution is 2.49. The number of hydrogen-bond acceptors (Lipinski definition) is 2. The minimum Gasteiger partial charge on any atom is -0.341 e. The Balaban J connectivity index is 0.00000243. The molecule has 1 fully saturated rings. The van der Waals surface area contributed by atoms with E-state index < -0.39 is 11.6 Å². The maximum Gasteiger partial charge on any atom is 0.226 e. The van der Waals surface area contributed by atoms with Crippen LogP contribution in [0.25, 0.3) is 0 Å². The zero-order chi connectivity index (χ0) is 17.8. The molecule has 2 unspecified atom stereocenters. The molecule has 1 amide bonds. The Morgan fingerprint density at radius 2 is 1.81 bits per heavy atom. The van der Waals surface area contributed by atoms with Crippen LogP contribution in [0.5, 0.6) is 0 Å². The van der Waals surface area contributed by atoms with Crippen molar-refractivity contribution in [2.45, 2.75) is 18.8 Å². The van der Waals surface area contributed by atoms with Crippen molar-refractivity contribution >= 4 is 18.3 Å². The van der Waals surface area contributed by atoms with Gasteiger partial charge in [0.15, 0.2) is 11.6 Å². The topological polar surface area (TPSA) is 46.3 Å². The molecule has 3 rings (SSSR count). The summed E-state index contributed by atoms with van der Waals surface area (Å²) >= 11 is 0. The Kier molecular flexibility index (Phi) is 7.12. The van der Waals surface area contributed by atoms with E-state index in [1.54, 1.807) is 11.0 Å². The van der Waals surface area contributed by atoms with Gasteiger partial charge in [0, 0.05) is 25.6 Å². The number of benzene rings is 2. The van der Waals surface area contributed by atoms with Crippen LogP contribution in [0.3, 0.4) is 0 Å². The van der Waals surface area contributed by atoms with Crippen LogP contribution < -0.4 is 5.73 Å². The lowest BCUT2D eigenvalue weighted by Gasteiger charge is -2.22. The Morgan fingerprint density at radius 1 is 1.08 bits per heavy atom. The van der Waals surface area contributed by atoms with Crippen molar-refractivity contribution in [1.29, 1.82) is 0 Å². The fraction of sp³-hybridized carbons (Fsp3) is 0.350. The summed E-state index contributed by atoms with van der Waals surface area (Å²) < 4.78 is 27.3. The lowest BCUT2D eigenvalue weighted by molar-refractivity contribution is -0.132. The molecule has 0 spiro atoms. The van der Waals surface area contributed by atoms with Gasteiger partial charge in [-0.05, 0) is 36.0 Å². The van der Waals surface area contributed by atoms with Gasteiger partial charge in [0.2, 0.25) is 5.91 Å². The van der Waals surface area contributed by atoms with Crippen LogP contribution in [0.4, 0.5) is 8.78 Å². The first-order chi connectivity index (χ1) is 12.1. The molecule has 0 bridgehead atoms. The smallest absolute Gasteiger partial charge is 0.226 e. The number of nitrogens with two attached hydrogens (primary N) is 1. The van der Waals surface area contributed by atoms with Gasteiger partial charge in [0.1, 0.15) is 0 Å². The summed E-state index contributed by atoms with van der Waals surface area (Å²) in [6.45, 7) is 1.43. The van der Waals surface area contributed by atoms with E-state index in [9.17, 15) is 13.6 Å². The summed E-state index contributed by atoms with van der Waals surface area (Å²) in [5.41, 5.74) is 7.10. The molecule has 1 aliphatic rings. The van der Waals surface area contributed by atoms with Gasteiger partial charge < -0.3 is 10.6 Å². The van der Waals surface area contributed by atoms with Crippen molar-refractivity contribution in [2.75, 3.05) is 19.6 Å². The molecule has 0 aromatic heterocycles. The number of carbonyl (C=O) groups excluding carboxylic acids is 1. The summed E-state index contributed by atoms with van der Waals surface area (Å²) in [6, 6.07) is 14.1. The van der Waals surface area contributed by atoms with E-state index in [1.807, 2.05) is 30.3 Å². The molecular formula is C20H23ClF2N2O. The summed E-state index contributed by atoms with van der Waals surface area (Å²) in [6.07, 6.45) is 1.31. The number of nitrogens with zero attached hydrogens (tertiary/aromatic N) is 1. The van der Waals surface area contributed by atoms with Crippen molar-refractivity contribution in [2.24, 2.45) is 11.7 Å². The average molecular weight is 381 g/mol. The monoisotopic (exact) mass is 380 g/mol. The summed E-state index contributed by atoms with van der Waals surface area (Å²) in [7, 11) is 0. The quantitative estimate of drug-likeness (QED) is 0.798. The molecule has 1 aliphatic carbocycles. The van der Waals surface area contributed by atoms with E-state index in [0.717, 1.165) is 18.1 Å². The van der Waals surface area contributed by atoms with Crippen LogP contribution >= 0.6 is 12.4 Å². The molecule has 1 saturated carbocycles. The predicted molar refractivity (Wildman–Crippen MR) is 100 cm³/mol. The molecule has 2 N–H and O–H groups in total. The Hall–Kier alpha value is -1.98. The van der Waals surface area contributed by atoms with Gasteiger partial charge in [-0.25, -0.2) is 8.78 Å². The van der Waals surface area contributed by atoms with Gasteiger partial charge in [-0.3, -0.25) is 4.79 Å². The lowest BCUT2D eigenvalue weighted by atomic mass is 10.1. The largest absolute Gasteiger partial charge is 0.341 e. The number of carbonyl (C=O) groups is 1. The molecule has 2 aromatic carbocycles. The highest BCUT2D eigenvalue weighted by molar-refractivity contribution is 5.85. The Bertz CT molecular complexity index is 742. The molecule has 6 heteroatoms. The minimum absolute atomic E-state index is 0. The fourth-order valence-corrected chi connectivity index (χ4v) is 3.25. The van der Waals surface area contributed by atoms with E-state index in [2.05, 4.69) is 0 Å². The van der Waals surface area contributed by atoms with E-state index in [-0.39, 0.29) is 30.2 Å². The first-order valence-electron chi connectivity index (χ1n) is 8.58. The third-order valence-corrected chi connectivity index (χ3v) is 4.71. The second kappa shape index (κ2) is 9.10. The third kappa shape index (κ3) is 4.59. The van der Waals surface area contributed by atoms with Crippen LogP contribution in [0.1, 0.15) is 23.5 Å². The van der Waals surface area contributed by atoms with Gasteiger partial charge >= 0.3 is 0 Å². The number of rotatable bonds is 7. The van der Waals surface area contributed by atoms with E-state index in [1.165, 1.54) is 6.07 Å². The van der Waals surface area contributed by atoms with E-state index >= 15 is 0 Å². The summed E-state index contributed by atoms with van der Waals surface area (Å²) in [4.78, 5) is 14.5. The van der Waals surface area contributed by atoms with Crippen molar-refractivity contribution in [3.8, 4) is 0 Å². The van der Waals surface area contributed by atoms with E-state index in [0.29, 0.717) is 31.6 Å². The summed E-state index contributed by atoms with van der Waals surface area (Å²) in [5.74, 6) is -2.23. The zero-order valence-corrected chi connectivity index (χ0v) is 15.2. The van der Waals surface area contributed by atoms with Crippen molar-refractivity contribution in [3.05, 3.63) is 71.3 Å². The molecule has 3 nitrogen and oxygen atoms in total. The van der Waals surface area contributed by atoms with Gasteiger partial charge in [0.25, 0.3) is 0 Å². The zero-order valence-electron chi connectivity index (χ0n) is 14.4. The Labute approximate surface area is 158 Å². The van der Waals surface area contributed by atoms with E-state index in [4.69, 9.17) is 5.73 Å². The molecule has 2 atom stereocenters. The number of hydrogen-bond donors (Lipinski definition) is 1. The van der Waals surface area contributed by atoms with Crippen LogP contribution in [-0.2, 0) is 11.2 Å². The number of amides is 1. The highest BCUT2D eigenvalue weighted by Gasteiger charge is 2.47. The van der Waals surface area contributed by atoms with Crippen molar-refractivity contribution in [1.82, 2.24) is 4.90 Å². The van der Waals surface area contributed by atoms with Crippen LogP contribution in [0, 0.1) is 17.6 Å². The standard InChI is InChI=1S/C20H22F2N2O.ClH/c21-18-8-4-7-15(19(18)22)16-13-17(16)20(25)24(12-10-23)11-9-14-5-2-1-3-6-14;/h1-8,16-17H,9-13,23H2;1H. The average Bonchev–Trinajstić information content (AvgIpc) is 3.42. The fourth-order valence-electron chi connectivity index (χ4n) is 3.25. The molecule has 2 aromatic rings. The molecule has 0 aliphatic heterocycles. The molecule has 140 valence electrons. The van der Waals surface area contributed by atoms with Gasteiger partial charge in [0.05, 0.1) is 0 Å². The first-order valence-corrected chi connectivity index (χ1v) is 8.58. The van der Waals surface area contributed by atoms with Gasteiger partial charge in [-0.2, -0.15) is 0 Å². The van der Waals surface area contributed by atoms with Gasteiger partial charge in [-0.15, -0.1) is 12.4 Å². The first kappa shape index (κ1) is 20.3. The number of halogens is 3.